The lowest BCUT2D eigenvalue weighted by molar-refractivity contribution is 0.0383. The van der Waals surface area contributed by atoms with E-state index in [0.717, 1.165) is 60.8 Å². The molecule has 6 heteroatoms. The highest BCUT2D eigenvalue weighted by atomic mass is 16.5. The molecule has 0 radical (unpaired) electrons. The van der Waals surface area contributed by atoms with Crippen molar-refractivity contribution in [3.05, 3.63) is 60.2 Å². The van der Waals surface area contributed by atoms with Crippen molar-refractivity contribution in [1.82, 2.24) is 15.2 Å². The summed E-state index contributed by atoms with van der Waals surface area (Å²) in [7, 11) is 0. The first-order valence-electron chi connectivity index (χ1n) is 10.5. The Morgan fingerprint density at radius 1 is 1.13 bits per heavy atom. The number of morpholine rings is 1. The van der Waals surface area contributed by atoms with Gasteiger partial charge in [-0.05, 0) is 31.2 Å². The first-order valence-corrected chi connectivity index (χ1v) is 10.5. The van der Waals surface area contributed by atoms with Crippen molar-refractivity contribution in [1.29, 1.82) is 0 Å². The van der Waals surface area contributed by atoms with Gasteiger partial charge in [0.05, 0.1) is 36.6 Å². The van der Waals surface area contributed by atoms with Crippen LogP contribution in [0.25, 0.3) is 22.2 Å². The van der Waals surface area contributed by atoms with Crippen molar-refractivity contribution in [2.45, 2.75) is 6.92 Å². The molecule has 4 rings (SSSR count). The summed E-state index contributed by atoms with van der Waals surface area (Å²) >= 11 is 0. The summed E-state index contributed by atoms with van der Waals surface area (Å²) < 4.78 is 11.0. The summed E-state index contributed by atoms with van der Waals surface area (Å²) in [5, 5.41) is 3.93. The van der Waals surface area contributed by atoms with Gasteiger partial charge in [0.15, 0.2) is 0 Å². The molecule has 1 N–H and O–H groups in total. The van der Waals surface area contributed by atoms with Crippen LogP contribution in [0.15, 0.2) is 54.6 Å². The maximum Gasteiger partial charge on any atom is 0.252 e. The number of fused-ring (bicyclic) bond motifs is 1. The van der Waals surface area contributed by atoms with Crippen molar-refractivity contribution in [2.75, 3.05) is 46.0 Å². The first kappa shape index (κ1) is 20.3. The largest absolute Gasteiger partial charge is 0.494 e. The van der Waals surface area contributed by atoms with E-state index in [1.165, 1.54) is 0 Å². The predicted octanol–water partition coefficient (Wildman–Crippen LogP) is 3.36. The van der Waals surface area contributed by atoms with E-state index in [1.54, 1.807) is 0 Å². The van der Waals surface area contributed by atoms with Crippen LogP contribution < -0.4 is 10.1 Å². The molecule has 0 atom stereocenters. The molecule has 2 aromatic carbocycles. The van der Waals surface area contributed by atoms with Crippen LogP contribution in [0.1, 0.15) is 17.3 Å². The standard InChI is InChI=1S/C24H27N3O3/c1-2-30-19-7-5-6-18(16-19)23-17-21(20-8-3-4-9-22(20)26-23)24(28)25-10-11-27-12-14-29-15-13-27/h3-9,16-17H,2,10-15H2,1H3,(H,25,28). The fourth-order valence-electron chi connectivity index (χ4n) is 3.67. The molecular formula is C24H27N3O3. The Kier molecular flexibility index (Phi) is 6.57. The van der Waals surface area contributed by atoms with Crippen LogP contribution in [0.4, 0.5) is 0 Å². The summed E-state index contributed by atoms with van der Waals surface area (Å²) in [5.41, 5.74) is 3.12. The van der Waals surface area contributed by atoms with E-state index in [4.69, 9.17) is 14.5 Å². The van der Waals surface area contributed by atoms with E-state index in [2.05, 4.69) is 10.2 Å². The molecule has 0 unspecified atom stereocenters. The quantitative estimate of drug-likeness (QED) is 0.653. The summed E-state index contributed by atoms with van der Waals surface area (Å²) in [5.74, 6) is 0.713. The van der Waals surface area contributed by atoms with Crippen LogP contribution in [0.5, 0.6) is 5.75 Å². The van der Waals surface area contributed by atoms with Gasteiger partial charge in [-0.1, -0.05) is 30.3 Å². The third kappa shape index (κ3) is 4.78. The van der Waals surface area contributed by atoms with Crippen LogP contribution in [0.3, 0.4) is 0 Å². The number of aromatic nitrogens is 1. The zero-order valence-corrected chi connectivity index (χ0v) is 17.3. The molecule has 0 aliphatic carbocycles. The van der Waals surface area contributed by atoms with Crippen molar-refractivity contribution in [2.24, 2.45) is 0 Å². The van der Waals surface area contributed by atoms with Crippen molar-refractivity contribution in [3.8, 4) is 17.0 Å². The maximum absolute atomic E-state index is 13.0. The lowest BCUT2D eigenvalue weighted by atomic mass is 10.0. The van der Waals surface area contributed by atoms with Crippen LogP contribution in [0, 0.1) is 0 Å². The molecule has 1 aliphatic heterocycles. The number of nitrogens with one attached hydrogen (secondary N) is 1. The van der Waals surface area contributed by atoms with Gasteiger partial charge in [0.2, 0.25) is 0 Å². The number of carbonyl (C=O) groups excluding carboxylic acids is 1. The zero-order chi connectivity index (χ0) is 20.8. The van der Waals surface area contributed by atoms with Crippen molar-refractivity contribution >= 4 is 16.8 Å². The summed E-state index contributed by atoms with van der Waals surface area (Å²) in [6.07, 6.45) is 0. The number of para-hydroxylation sites is 1. The summed E-state index contributed by atoms with van der Waals surface area (Å²) in [6.45, 7) is 7.32. The van der Waals surface area contributed by atoms with Gasteiger partial charge in [-0.3, -0.25) is 9.69 Å². The number of benzene rings is 2. The molecule has 30 heavy (non-hydrogen) atoms. The highest BCUT2D eigenvalue weighted by Gasteiger charge is 2.15. The highest BCUT2D eigenvalue weighted by molar-refractivity contribution is 6.07. The average Bonchev–Trinajstić information content (AvgIpc) is 2.79. The molecule has 1 aromatic heterocycles. The van der Waals surface area contributed by atoms with Crippen LogP contribution in [-0.2, 0) is 4.74 Å². The minimum Gasteiger partial charge on any atom is -0.494 e. The Morgan fingerprint density at radius 3 is 2.80 bits per heavy atom. The van der Waals surface area contributed by atoms with Crippen molar-refractivity contribution < 1.29 is 14.3 Å². The lowest BCUT2D eigenvalue weighted by Crippen LogP contribution is -2.41. The van der Waals surface area contributed by atoms with Gasteiger partial charge in [0, 0.05) is 37.1 Å². The lowest BCUT2D eigenvalue weighted by Gasteiger charge is -2.26. The molecule has 156 valence electrons. The second-order valence-corrected chi connectivity index (χ2v) is 7.24. The zero-order valence-electron chi connectivity index (χ0n) is 17.3. The number of amides is 1. The fraction of sp³-hybridized carbons (Fsp3) is 0.333. The second-order valence-electron chi connectivity index (χ2n) is 7.24. The van der Waals surface area contributed by atoms with Gasteiger partial charge in [-0.15, -0.1) is 0 Å². The van der Waals surface area contributed by atoms with Gasteiger partial charge in [-0.25, -0.2) is 4.98 Å². The Hall–Kier alpha value is -2.96. The Labute approximate surface area is 176 Å². The fourth-order valence-corrected chi connectivity index (χ4v) is 3.67. The normalized spacial score (nSPS) is 14.6. The number of carbonyl (C=O) groups is 1. The van der Waals surface area contributed by atoms with Gasteiger partial charge in [0.1, 0.15) is 5.75 Å². The molecule has 1 fully saturated rings. The highest BCUT2D eigenvalue weighted by Crippen LogP contribution is 2.27. The Morgan fingerprint density at radius 2 is 1.97 bits per heavy atom. The number of hydrogen-bond donors (Lipinski definition) is 1. The van der Waals surface area contributed by atoms with Gasteiger partial charge in [-0.2, -0.15) is 0 Å². The molecule has 1 saturated heterocycles. The van der Waals surface area contributed by atoms with Gasteiger partial charge in [0.25, 0.3) is 5.91 Å². The number of ether oxygens (including phenoxy) is 2. The van der Waals surface area contributed by atoms with E-state index in [0.29, 0.717) is 18.7 Å². The number of nitrogens with zero attached hydrogens (tertiary/aromatic N) is 2. The van der Waals surface area contributed by atoms with E-state index >= 15 is 0 Å². The molecule has 0 bridgehead atoms. The molecular weight excluding hydrogens is 378 g/mol. The third-order valence-electron chi connectivity index (χ3n) is 5.22. The number of rotatable bonds is 7. The van der Waals surface area contributed by atoms with E-state index < -0.39 is 0 Å². The maximum atomic E-state index is 13.0. The minimum atomic E-state index is -0.0796. The van der Waals surface area contributed by atoms with Crippen molar-refractivity contribution in [3.63, 3.8) is 0 Å². The molecule has 2 heterocycles. The molecule has 6 nitrogen and oxygen atoms in total. The topological polar surface area (TPSA) is 63.7 Å². The molecule has 1 aliphatic rings. The summed E-state index contributed by atoms with van der Waals surface area (Å²) in [4.78, 5) is 20.1. The first-order chi connectivity index (χ1) is 14.7. The SMILES string of the molecule is CCOc1cccc(-c2cc(C(=O)NCCN3CCOCC3)c3ccccc3n2)c1. The van der Waals surface area contributed by atoms with Gasteiger partial charge >= 0.3 is 0 Å². The monoisotopic (exact) mass is 405 g/mol. The third-order valence-corrected chi connectivity index (χ3v) is 5.22. The Bertz CT molecular complexity index is 1020. The van der Waals surface area contributed by atoms with Crippen LogP contribution >= 0.6 is 0 Å². The summed E-state index contributed by atoms with van der Waals surface area (Å²) in [6, 6.07) is 17.4. The molecule has 0 saturated carbocycles. The van der Waals surface area contributed by atoms with Crippen LogP contribution in [-0.4, -0.2) is 61.8 Å². The van der Waals surface area contributed by atoms with E-state index in [9.17, 15) is 4.79 Å². The number of pyridine rings is 1. The number of hydrogen-bond acceptors (Lipinski definition) is 5. The Balaban J connectivity index is 1.58. The minimum absolute atomic E-state index is 0.0796. The second kappa shape index (κ2) is 9.69. The predicted molar refractivity (Wildman–Crippen MR) is 118 cm³/mol. The molecule has 0 spiro atoms. The van der Waals surface area contributed by atoms with E-state index in [1.807, 2.05) is 61.5 Å². The van der Waals surface area contributed by atoms with Gasteiger partial charge < -0.3 is 14.8 Å². The van der Waals surface area contributed by atoms with E-state index in [-0.39, 0.29) is 5.91 Å². The van der Waals surface area contributed by atoms with Crippen LogP contribution in [0.2, 0.25) is 0 Å². The molecule has 1 amide bonds. The average molecular weight is 405 g/mol. The molecule has 3 aromatic rings. The smallest absolute Gasteiger partial charge is 0.252 e.